The molecule has 82 valence electrons. The maximum atomic E-state index is 12.8. The van der Waals surface area contributed by atoms with Gasteiger partial charge in [0.2, 0.25) is 5.88 Å². The fraction of sp³-hybridized carbons (Fsp3) is 0.364. The second-order valence-corrected chi connectivity index (χ2v) is 3.38. The molecule has 0 fully saturated rings. The summed E-state index contributed by atoms with van der Waals surface area (Å²) in [6.07, 6.45) is 1.87. The van der Waals surface area contributed by atoms with E-state index in [1.165, 1.54) is 6.07 Å². The van der Waals surface area contributed by atoms with E-state index in [0.29, 0.717) is 18.1 Å². The number of halogens is 1. The average molecular weight is 210 g/mol. The number of pyridine rings is 1. The summed E-state index contributed by atoms with van der Waals surface area (Å²) >= 11 is 0. The molecule has 0 aliphatic carbocycles. The van der Waals surface area contributed by atoms with Crippen molar-refractivity contribution in [1.29, 1.82) is 0 Å². The normalized spacial score (nSPS) is 10.1. The number of hydrogen-bond donors (Lipinski definition) is 1. The van der Waals surface area contributed by atoms with Crippen LogP contribution >= 0.6 is 0 Å². The molecule has 3 nitrogen and oxygen atoms in total. The van der Waals surface area contributed by atoms with Gasteiger partial charge in [-0.05, 0) is 13.0 Å². The Morgan fingerprint density at radius 2 is 2.40 bits per heavy atom. The Balaban J connectivity index is 2.63. The van der Waals surface area contributed by atoms with Crippen molar-refractivity contribution in [1.82, 2.24) is 4.98 Å². The zero-order chi connectivity index (χ0) is 11.3. The Morgan fingerprint density at radius 3 is 3.00 bits per heavy atom. The second-order valence-electron chi connectivity index (χ2n) is 3.38. The number of hydrogen-bond acceptors (Lipinski definition) is 3. The van der Waals surface area contributed by atoms with Crippen molar-refractivity contribution in [3.63, 3.8) is 0 Å². The minimum absolute atomic E-state index is 0.215. The molecule has 1 aromatic heterocycles. The van der Waals surface area contributed by atoms with Crippen LogP contribution in [0.5, 0.6) is 5.88 Å². The maximum absolute atomic E-state index is 12.8. The molecular formula is C11H15FN2O. The smallest absolute Gasteiger partial charge is 0.218 e. The van der Waals surface area contributed by atoms with E-state index in [1.807, 2.05) is 6.92 Å². The SMILES string of the molecule is C=C(C)CCOc1ncc(F)cc1CN. The molecule has 0 saturated carbocycles. The van der Waals surface area contributed by atoms with Gasteiger partial charge in [0.15, 0.2) is 0 Å². The first-order valence-corrected chi connectivity index (χ1v) is 4.75. The highest BCUT2D eigenvalue weighted by molar-refractivity contribution is 5.25. The lowest BCUT2D eigenvalue weighted by Gasteiger charge is -2.08. The van der Waals surface area contributed by atoms with Crippen LogP contribution in [0.4, 0.5) is 4.39 Å². The van der Waals surface area contributed by atoms with E-state index in [1.54, 1.807) is 0 Å². The van der Waals surface area contributed by atoms with Crippen LogP contribution in [-0.4, -0.2) is 11.6 Å². The summed E-state index contributed by atoms with van der Waals surface area (Å²) < 4.78 is 18.2. The van der Waals surface area contributed by atoms with Gasteiger partial charge in [0.1, 0.15) is 5.82 Å². The Bertz CT molecular complexity index is 352. The van der Waals surface area contributed by atoms with Gasteiger partial charge in [0.25, 0.3) is 0 Å². The van der Waals surface area contributed by atoms with Crippen molar-refractivity contribution >= 4 is 0 Å². The highest BCUT2D eigenvalue weighted by Crippen LogP contribution is 2.15. The van der Waals surface area contributed by atoms with E-state index < -0.39 is 5.82 Å². The lowest BCUT2D eigenvalue weighted by Crippen LogP contribution is -2.06. The molecule has 0 aliphatic rings. The maximum Gasteiger partial charge on any atom is 0.218 e. The Morgan fingerprint density at radius 1 is 1.67 bits per heavy atom. The number of nitrogens with two attached hydrogens (primary N) is 1. The summed E-state index contributed by atoms with van der Waals surface area (Å²) in [5.41, 5.74) is 7.06. The molecule has 0 unspecified atom stereocenters. The van der Waals surface area contributed by atoms with Gasteiger partial charge in [-0.25, -0.2) is 9.37 Å². The van der Waals surface area contributed by atoms with Crippen LogP contribution in [0.15, 0.2) is 24.4 Å². The summed E-state index contributed by atoms with van der Waals surface area (Å²) in [6, 6.07) is 1.34. The van der Waals surface area contributed by atoms with Crippen LogP contribution < -0.4 is 10.5 Å². The fourth-order valence-corrected chi connectivity index (χ4v) is 1.07. The van der Waals surface area contributed by atoms with Gasteiger partial charge < -0.3 is 10.5 Å². The molecular weight excluding hydrogens is 195 g/mol. The van der Waals surface area contributed by atoms with E-state index in [9.17, 15) is 4.39 Å². The molecule has 0 atom stereocenters. The van der Waals surface area contributed by atoms with Gasteiger partial charge in [0, 0.05) is 18.5 Å². The molecule has 1 heterocycles. The lowest BCUT2D eigenvalue weighted by molar-refractivity contribution is 0.305. The first-order chi connectivity index (χ1) is 7.13. The van der Waals surface area contributed by atoms with E-state index in [-0.39, 0.29) is 6.54 Å². The molecule has 4 heteroatoms. The van der Waals surface area contributed by atoms with Crippen LogP contribution in [0.25, 0.3) is 0 Å². The van der Waals surface area contributed by atoms with Crippen molar-refractivity contribution < 1.29 is 9.13 Å². The molecule has 1 rings (SSSR count). The van der Waals surface area contributed by atoms with Crippen LogP contribution in [0.2, 0.25) is 0 Å². The van der Waals surface area contributed by atoms with Gasteiger partial charge in [-0.2, -0.15) is 0 Å². The van der Waals surface area contributed by atoms with E-state index in [4.69, 9.17) is 10.5 Å². The topological polar surface area (TPSA) is 48.1 Å². The van der Waals surface area contributed by atoms with Gasteiger partial charge >= 0.3 is 0 Å². The molecule has 0 spiro atoms. The number of rotatable bonds is 5. The molecule has 0 saturated heterocycles. The molecule has 1 aromatic rings. The van der Waals surface area contributed by atoms with Gasteiger partial charge in [-0.3, -0.25) is 0 Å². The van der Waals surface area contributed by atoms with Crippen molar-refractivity contribution in [2.24, 2.45) is 5.73 Å². The summed E-state index contributed by atoms with van der Waals surface area (Å²) in [6.45, 7) is 6.38. The second kappa shape index (κ2) is 5.46. The van der Waals surface area contributed by atoms with E-state index >= 15 is 0 Å². The predicted molar refractivity (Wildman–Crippen MR) is 57.0 cm³/mol. The highest BCUT2D eigenvalue weighted by Gasteiger charge is 2.05. The number of ether oxygens (including phenoxy) is 1. The van der Waals surface area contributed by atoms with E-state index in [0.717, 1.165) is 18.2 Å². The van der Waals surface area contributed by atoms with Crippen LogP contribution in [0.3, 0.4) is 0 Å². The largest absolute Gasteiger partial charge is 0.477 e. The van der Waals surface area contributed by atoms with Crippen LogP contribution in [0, 0.1) is 5.82 Å². The minimum atomic E-state index is -0.400. The van der Waals surface area contributed by atoms with Crippen molar-refractivity contribution in [3.05, 3.63) is 35.8 Å². The zero-order valence-electron chi connectivity index (χ0n) is 8.79. The predicted octanol–water partition coefficient (Wildman–Crippen LogP) is 2.02. The lowest BCUT2D eigenvalue weighted by atomic mass is 10.2. The van der Waals surface area contributed by atoms with Gasteiger partial charge in [-0.15, -0.1) is 6.58 Å². The molecule has 0 bridgehead atoms. The van der Waals surface area contributed by atoms with E-state index in [2.05, 4.69) is 11.6 Å². The Kier molecular flexibility index (Phi) is 4.24. The van der Waals surface area contributed by atoms with Gasteiger partial charge in [0.05, 0.1) is 12.8 Å². The summed E-state index contributed by atoms with van der Waals surface area (Å²) in [4.78, 5) is 3.84. The van der Waals surface area contributed by atoms with Crippen molar-refractivity contribution in [3.8, 4) is 5.88 Å². The first-order valence-electron chi connectivity index (χ1n) is 4.75. The monoisotopic (exact) mass is 210 g/mol. The fourth-order valence-electron chi connectivity index (χ4n) is 1.07. The number of nitrogens with zero attached hydrogens (tertiary/aromatic N) is 1. The van der Waals surface area contributed by atoms with Crippen molar-refractivity contribution in [2.75, 3.05) is 6.61 Å². The molecule has 0 aromatic carbocycles. The quantitative estimate of drug-likeness (QED) is 0.756. The first kappa shape index (κ1) is 11.7. The third-order valence-electron chi connectivity index (χ3n) is 1.88. The molecule has 15 heavy (non-hydrogen) atoms. The molecule has 0 amide bonds. The van der Waals surface area contributed by atoms with Crippen molar-refractivity contribution in [2.45, 2.75) is 19.9 Å². The van der Waals surface area contributed by atoms with Crippen LogP contribution in [0.1, 0.15) is 18.9 Å². The Labute approximate surface area is 88.8 Å². The summed E-state index contributed by atoms with van der Waals surface area (Å²) in [7, 11) is 0. The highest BCUT2D eigenvalue weighted by atomic mass is 19.1. The average Bonchev–Trinajstić information content (AvgIpc) is 2.19. The van der Waals surface area contributed by atoms with Crippen LogP contribution in [-0.2, 0) is 6.54 Å². The number of aromatic nitrogens is 1. The van der Waals surface area contributed by atoms with Gasteiger partial charge in [-0.1, -0.05) is 5.57 Å². The molecule has 0 aliphatic heterocycles. The summed E-state index contributed by atoms with van der Waals surface area (Å²) in [5.74, 6) is 0.00264. The Hall–Kier alpha value is -1.42. The molecule has 2 N–H and O–H groups in total. The summed E-state index contributed by atoms with van der Waals surface area (Å²) in [5, 5.41) is 0. The third-order valence-corrected chi connectivity index (χ3v) is 1.88. The standard InChI is InChI=1S/C11H15FN2O/c1-8(2)3-4-15-11-9(6-13)5-10(12)7-14-11/h5,7H,1,3-4,6,13H2,2H3. The third kappa shape index (κ3) is 3.67. The minimum Gasteiger partial charge on any atom is -0.477 e. The molecule has 0 radical (unpaired) electrons. The zero-order valence-corrected chi connectivity index (χ0v) is 8.79.